The van der Waals surface area contributed by atoms with Crippen LogP contribution in [0.1, 0.15) is 37.7 Å². The largest absolute Gasteiger partial charge is 0.342 e. The van der Waals surface area contributed by atoms with E-state index in [2.05, 4.69) is 28.5 Å². The van der Waals surface area contributed by atoms with Crippen LogP contribution in [0.4, 0.5) is 5.69 Å². The molecular formula is C14H15N3. The van der Waals surface area contributed by atoms with E-state index in [1.54, 1.807) is 0 Å². The van der Waals surface area contributed by atoms with Crippen LogP contribution in [0.3, 0.4) is 0 Å². The highest BCUT2D eigenvalue weighted by Crippen LogP contribution is 2.47. The molecule has 0 aromatic heterocycles. The van der Waals surface area contributed by atoms with E-state index in [1.165, 1.54) is 24.8 Å². The maximum atomic E-state index is 8.84. The highest BCUT2D eigenvalue weighted by Gasteiger charge is 2.45. The third-order valence-corrected chi connectivity index (χ3v) is 4.02. The third kappa shape index (κ3) is 1.44. The van der Waals surface area contributed by atoms with Crippen molar-refractivity contribution in [2.24, 2.45) is 4.99 Å². The Balaban J connectivity index is 2.14. The minimum atomic E-state index is -0.00935. The maximum Gasteiger partial charge on any atom is 0.207 e. The fourth-order valence-corrected chi connectivity index (χ4v) is 3.23. The zero-order valence-corrected chi connectivity index (χ0v) is 9.74. The lowest BCUT2D eigenvalue weighted by Gasteiger charge is -2.33. The minimum absolute atomic E-state index is 0.00935. The Morgan fingerprint density at radius 1 is 1.18 bits per heavy atom. The molecule has 1 spiro atoms. The fraction of sp³-hybridized carbons (Fsp3) is 0.429. The summed E-state index contributed by atoms with van der Waals surface area (Å²) < 4.78 is 0. The van der Waals surface area contributed by atoms with E-state index in [9.17, 15) is 0 Å². The van der Waals surface area contributed by atoms with Crippen molar-refractivity contribution in [1.82, 2.24) is 0 Å². The number of rotatable bonds is 0. The molecule has 0 unspecified atom stereocenters. The van der Waals surface area contributed by atoms with Crippen molar-refractivity contribution in [2.75, 3.05) is 5.32 Å². The quantitative estimate of drug-likeness (QED) is 0.689. The molecule has 86 valence electrons. The highest BCUT2D eigenvalue weighted by molar-refractivity contribution is 6.10. The number of anilines is 1. The molecule has 17 heavy (non-hydrogen) atoms. The van der Waals surface area contributed by atoms with Gasteiger partial charge < -0.3 is 5.32 Å². The molecule has 2 aliphatic rings. The fourth-order valence-electron chi connectivity index (χ4n) is 3.23. The van der Waals surface area contributed by atoms with Crippen LogP contribution in [0.2, 0.25) is 0 Å². The Hall–Kier alpha value is -1.82. The molecule has 1 heterocycles. The Morgan fingerprint density at radius 3 is 2.71 bits per heavy atom. The van der Waals surface area contributed by atoms with Crippen LogP contribution in [-0.4, -0.2) is 5.84 Å². The Kier molecular flexibility index (Phi) is 2.36. The van der Waals surface area contributed by atoms with E-state index in [-0.39, 0.29) is 5.41 Å². The van der Waals surface area contributed by atoms with Gasteiger partial charge in [-0.1, -0.05) is 37.5 Å². The number of amidine groups is 1. The van der Waals surface area contributed by atoms with Gasteiger partial charge in [0, 0.05) is 5.69 Å². The molecule has 3 heteroatoms. The van der Waals surface area contributed by atoms with E-state index in [0.717, 1.165) is 24.4 Å². The Bertz CT molecular complexity index is 504. The molecule has 0 atom stereocenters. The average Bonchev–Trinajstić information content (AvgIpc) is 2.66. The van der Waals surface area contributed by atoms with Crippen LogP contribution in [0.15, 0.2) is 29.3 Å². The monoisotopic (exact) mass is 225 g/mol. The second-order valence-electron chi connectivity index (χ2n) is 4.87. The van der Waals surface area contributed by atoms with E-state index in [4.69, 9.17) is 5.26 Å². The SMILES string of the molecule is N#C/N=C1\Nc2ccccc2C12CCCCC2. The van der Waals surface area contributed by atoms with Gasteiger partial charge >= 0.3 is 0 Å². The number of nitrogens with one attached hydrogen (secondary N) is 1. The summed E-state index contributed by atoms with van der Waals surface area (Å²) in [4.78, 5) is 4.03. The molecule has 3 nitrogen and oxygen atoms in total. The van der Waals surface area contributed by atoms with Gasteiger partial charge in [-0.25, -0.2) is 0 Å². The smallest absolute Gasteiger partial charge is 0.207 e. The number of hydrogen-bond donors (Lipinski definition) is 1. The van der Waals surface area contributed by atoms with Gasteiger partial charge in [-0.2, -0.15) is 10.3 Å². The summed E-state index contributed by atoms with van der Waals surface area (Å²) in [6, 6.07) is 8.35. The normalized spacial score (nSPS) is 23.1. The van der Waals surface area contributed by atoms with Crippen LogP contribution < -0.4 is 5.32 Å². The number of benzene rings is 1. The first-order valence-electron chi connectivity index (χ1n) is 6.21. The molecule has 0 radical (unpaired) electrons. The summed E-state index contributed by atoms with van der Waals surface area (Å²) in [5.41, 5.74) is 2.45. The van der Waals surface area contributed by atoms with Gasteiger partial charge in [0.2, 0.25) is 6.19 Å². The Labute approximate surface area is 101 Å². The van der Waals surface area contributed by atoms with Crippen LogP contribution in [-0.2, 0) is 5.41 Å². The van der Waals surface area contributed by atoms with Gasteiger partial charge in [-0.15, -0.1) is 0 Å². The van der Waals surface area contributed by atoms with Gasteiger partial charge in [0.05, 0.1) is 5.41 Å². The van der Waals surface area contributed by atoms with E-state index >= 15 is 0 Å². The van der Waals surface area contributed by atoms with Crippen molar-refractivity contribution in [1.29, 1.82) is 5.26 Å². The molecule has 1 N–H and O–H groups in total. The zero-order valence-electron chi connectivity index (χ0n) is 9.74. The number of para-hydroxylation sites is 1. The van der Waals surface area contributed by atoms with Crippen molar-refractivity contribution in [3.63, 3.8) is 0 Å². The molecule has 1 aromatic rings. The summed E-state index contributed by atoms with van der Waals surface area (Å²) in [5.74, 6) is 0.862. The van der Waals surface area contributed by atoms with Crippen molar-refractivity contribution < 1.29 is 0 Å². The van der Waals surface area contributed by atoms with Crippen molar-refractivity contribution in [3.05, 3.63) is 29.8 Å². The summed E-state index contributed by atoms with van der Waals surface area (Å²) in [7, 11) is 0. The number of hydrogen-bond acceptors (Lipinski definition) is 2. The molecule has 1 aliphatic heterocycles. The van der Waals surface area contributed by atoms with E-state index in [1.807, 2.05) is 12.3 Å². The number of fused-ring (bicyclic) bond motifs is 2. The van der Waals surface area contributed by atoms with Crippen LogP contribution in [0, 0.1) is 11.5 Å². The minimum Gasteiger partial charge on any atom is -0.342 e. The van der Waals surface area contributed by atoms with Crippen LogP contribution in [0.5, 0.6) is 0 Å². The first kappa shape index (κ1) is 10.3. The van der Waals surface area contributed by atoms with Crippen LogP contribution in [0.25, 0.3) is 0 Å². The van der Waals surface area contributed by atoms with Gasteiger partial charge in [0.15, 0.2) is 0 Å². The third-order valence-electron chi connectivity index (χ3n) is 4.02. The van der Waals surface area contributed by atoms with Gasteiger partial charge in [-0.05, 0) is 24.5 Å². The summed E-state index contributed by atoms with van der Waals surface area (Å²) in [6.45, 7) is 0. The first-order valence-corrected chi connectivity index (χ1v) is 6.21. The lowest BCUT2D eigenvalue weighted by atomic mass is 9.70. The zero-order chi connectivity index (χ0) is 11.7. The summed E-state index contributed by atoms with van der Waals surface area (Å²) in [6.07, 6.45) is 7.90. The molecule has 1 aliphatic carbocycles. The van der Waals surface area contributed by atoms with E-state index in [0.29, 0.717) is 0 Å². The Morgan fingerprint density at radius 2 is 1.94 bits per heavy atom. The molecule has 3 rings (SSSR count). The topological polar surface area (TPSA) is 48.2 Å². The number of aliphatic imine (C=N–C) groups is 1. The standard InChI is InChI=1S/C14H15N3/c15-10-16-13-14(8-4-1-5-9-14)11-6-2-3-7-12(11)17-13/h2-3,6-7H,1,4-5,8-9H2,(H,16,17). The van der Waals surface area contributed by atoms with Crippen molar-refractivity contribution in [2.45, 2.75) is 37.5 Å². The molecule has 0 bridgehead atoms. The van der Waals surface area contributed by atoms with Gasteiger partial charge in [-0.3, -0.25) is 0 Å². The second kappa shape index (κ2) is 3.89. The van der Waals surface area contributed by atoms with Gasteiger partial charge in [0.25, 0.3) is 0 Å². The molecule has 0 saturated heterocycles. The highest BCUT2D eigenvalue weighted by atomic mass is 15.1. The lowest BCUT2D eigenvalue weighted by molar-refractivity contribution is 0.386. The first-order chi connectivity index (χ1) is 8.37. The predicted octanol–water partition coefficient (Wildman–Crippen LogP) is 3.19. The maximum absolute atomic E-state index is 8.84. The van der Waals surface area contributed by atoms with Crippen molar-refractivity contribution >= 4 is 11.5 Å². The second-order valence-corrected chi connectivity index (χ2v) is 4.87. The molecule has 0 amide bonds. The lowest BCUT2D eigenvalue weighted by Crippen LogP contribution is -2.36. The summed E-state index contributed by atoms with van der Waals surface area (Å²) >= 11 is 0. The predicted molar refractivity (Wildman–Crippen MR) is 67.9 cm³/mol. The average molecular weight is 225 g/mol. The summed E-state index contributed by atoms with van der Waals surface area (Å²) in [5, 5.41) is 12.2. The van der Waals surface area contributed by atoms with E-state index < -0.39 is 0 Å². The molecule has 1 fully saturated rings. The number of nitriles is 1. The van der Waals surface area contributed by atoms with Gasteiger partial charge in [0.1, 0.15) is 5.84 Å². The van der Waals surface area contributed by atoms with Crippen LogP contribution >= 0.6 is 0 Å². The molecule has 1 saturated carbocycles. The van der Waals surface area contributed by atoms with Crippen molar-refractivity contribution in [3.8, 4) is 6.19 Å². The number of nitrogens with zero attached hydrogens (tertiary/aromatic N) is 2. The molecular weight excluding hydrogens is 210 g/mol. The molecule has 1 aromatic carbocycles.